The lowest BCUT2D eigenvalue weighted by Gasteiger charge is -2.22. The van der Waals surface area contributed by atoms with Crippen molar-refractivity contribution in [2.45, 2.75) is 60.0 Å². The zero-order valence-corrected chi connectivity index (χ0v) is 11.3. The number of ketones is 2. The molecule has 1 atom stereocenters. The molecule has 94 valence electrons. The maximum Gasteiger partial charge on any atom is 0.152 e. The highest BCUT2D eigenvalue weighted by atomic mass is 16.1. The minimum absolute atomic E-state index is 0.00331. The van der Waals surface area contributed by atoms with Crippen LogP contribution in [0.5, 0.6) is 0 Å². The summed E-state index contributed by atoms with van der Waals surface area (Å²) >= 11 is 0. The minimum Gasteiger partial charge on any atom is -0.305 e. The normalized spacial score (nSPS) is 13.6. The van der Waals surface area contributed by atoms with Gasteiger partial charge in [0, 0.05) is 24.3 Å². The predicted molar refractivity (Wildman–Crippen MR) is 66.4 cm³/mol. The third kappa shape index (κ3) is 5.40. The van der Waals surface area contributed by atoms with E-state index in [1.807, 2.05) is 41.5 Å². The highest BCUT2D eigenvalue weighted by Gasteiger charge is 2.25. The SMILES string of the molecule is CC(C)N[C@@H](CC(=O)C(C)C)C(=O)C(C)C. The maximum atomic E-state index is 11.9. The molecule has 3 nitrogen and oxygen atoms in total. The van der Waals surface area contributed by atoms with Crippen molar-refractivity contribution in [3.05, 3.63) is 0 Å². The summed E-state index contributed by atoms with van der Waals surface area (Å²) in [6.45, 7) is 11.5. The summed E-state index contributed by atoms with van der Waals surface area (Å²) < 4.78 is 0. The Morgan fingerprint density at radius 2 is 1.44 bits per heavy atom. The van der Waals surface area contributed by atoms with E-state index >= 15 is 0 Å². The van der Waals surface area contributed by atoms with Crippen molar-refractivity contribution in [2.24, 2.45) is 11.8 Å². The summed E-state index contributed by atoms with van der Waals surface area (Å²) in [6.07, 6.45) is 0.312. The van der Waals surface area contributed by atoms with Crippen molar-refractivity contribution in [2.75, 3.05) is 0 Å². The average molecular weight is 227 g/mol. The number of nitrogens with one attached hydrogen (secondary N) is 1. The van der Waals surface area contributed by atoms with Crippen LogP contribution in [0, 0.1) is 11.8 Å². The molecular weight excluding hydrogens is 202 g/mol. The molecule has 3 heteroatoms. The summed E-state index contributed by atoms with van der Waals surface area (Å²) in [5.74, 6) is 0.238. The summed E-state index contributed by atoms with van der Waals surface area (Å²) in [5, 5.41) is 3.18. The first-order valence-electron chi connectivity index (χ1n) is 6.08. The molecule has 0 bridgehead atoms. The number of Topliss-reactive ketones (excluding diaryl/α,β-unsaturated/α-hetero) is 2. The first kappa shape index (κ1) is 15.3. The van der Waals surface area contributed by atoms with E-state index in [2.05, 4.69) is 5.32 Å². The second-order valence-electron chi connectivity index (χ2n) is 5.26. The molecule has 0 aliphatic carbocycles. The van der Waals surface area contributed by atoms with Crippen molar-refractivity contribution in [1.82, 2.24) is 5.32 Å². The molecule has 0 aromatic carbocycles. The molecule has 0 aliphatic rings. The Bertz CT molecular complexity index is 244. The molecule has 0 unspecified atom stereocenters. The lowest BCUT2D eigenvalue weighted by molar-refractivity contribution is -0.129. The second kappa shape index (κ2) is 6.79. The monoisotopic (exact) mass is 227 g/mol. The van der Waals surface area contributed by atoms with E-state index in [1.165, 1.54) is 0 Å². The van der Waals surface area contributed by atoms with Crippen LogP contribution in [0.4, 0.5) is 0 Å². The quantitative estimate of drug-likeness (QED) is 0.725. The summed E-state index contributed by atoms with van der Waals surface area (Å²) in [4.78, 5) is 23.6. The first-order valence-corrected chi connectivity index (χ1v) is 6.08. The lowest BCUT2D eigenvalue weighted by atomic mass is 9.93. The Morgan fingerprint density at radius 3 is 1.75 bits per heavy atom. The van der Waals surface area contributed by atoms with E-state index < -0.39 is 0 Å². The van der Waals surface area contributed by atoms with Crippen molar-refractivity contribution in [1.29, 1.82) is 0 Å². The minimum atomic E-state index is -0.324. The molecule has 0 aliphatic heterocycles. The van der Waals surface area contributed by atoms with Crippen molar-refractivity contribution < 1.29 is 9.59 Å². The zero-order valence-electron chi connectivity index (χ0n) is 11.3. The van der Waals surface area contributed by atoms with Gasteiger partial charge in [-0.25, -0.2) is 0 Å². The number of hydrogen-bond acceptors (Lipinski definition) is 3. The molecule has 0 saturated heterocycles. The van der Waals surface area contributed by atoms with Gasteiger partial charge in [-0.2, -0.15) is 0 Å². The number of carbonyl (C=O) groups is 2. The molecule has 0 fully saturated rings. The third-order valence-electron chi connectivity index (χ3n) is 2.50. The van der Waals surface area contributed by atoms with E-state index in [9.17, 15) is 9.59 Å². The number of carbonyl (C=O) groups excluding carboxylic acids is 2. The highest BCUT2D eigenvalue weighted by Crippen LogP contribution is 2.09. The molecule has 0 rings (SSSR count). The van der Waals surface area contributed by atoms with E-state index in [-0.39, 0.29) is 35.5 Å². The van der Waals surface area contributed by atoms with Crippen molar-refractivity contribution >= 4 is 11.6 Å². The topological polar surface area (TPSA) is 46.2 Å². The van der Waals surface area contributed by atoms with Gasteiger partial charge in [0.2, 0.25) is 0 Å². The van der Waals surface area contributed by atoms with Crippen LogP contribution in [0.3, 0.4) is 0 Å². The van der Waals surface area contributed by atoms with Gasteiger partial charge in [-0.1, -0.05) is 41.5 Å². The number of rotatable bonds is 7. The summed E-state index contributed by atoms with van der Waals surface area (Å²) in [6, 6.07) is -0.109. The molecule has 1 N–H and O–H groups in total. The molecule has 0 heterocycles. The van der Waals surface area contributed by atoms with Crippen LogP contribution in [-0.4, -0.2) is 23.7 Å². The molecular formula is C13H25NO2. The Labute approximate surface area is 99.0 Å². The van der Waals surface area contributed by atoms with E-state index in [1.54, 1.807) is 0 Å². The Morgan fingerprint density at radius 1 is 0.938 bits per heavy atom. The van der Waals surface area contributed by atoms with Gasteiger partial charge in [-0.05, 0) is 0 Å². The van der Waals surface area contributed by atoms with E-state index in [0.29, 0.717) is 6.42 Å². The molecule has 0 spiro atoms. The summed E-state index contributed by atoms with van der Waals surface area (Å²) in [5.41, 5.74) is 0. The molecule has 0 aromatic rings. The Hall–Kier alpha value is -0.700. The second-order valence-corrected chi connectivity index (χ2v) is 5.26. The fraction of sp³-hybridized carbons (Fsp3) is 0.846. The fourth-order valence-electron chi connectivity index (χ4n) is 1.48. The first-order chi connectivity index (χ1) is 7.25. The van der Waals surface area contributed by atoms with Crippen LogP contribution in [0.15, 0.2) is 0 Å². The number of hydrogen-bond donors (Lipinski definition) is 1. The largest absolute Gasteiger partial charge is 0.305 e. The molecule has 0 amide bonds. The van der Waals surface area contributed by atoms with Gasteiger partial charge in [0.05, 0.1) is 6.04 Å². The van der Waals surface area contributed by atoms with Crippen LogP contribution in [0.2, 0.25) is 0 Å². The lowest BCUT2D eigenvalue weighted by Crippen LogP contribution is -2.44. The van der Waals surface area contributed by atoms with Gasteiger partial charge in [0.25, 0.3) is 0 Å². The van der Waals surface area contributed by atoms with Crippen molar-refractivity contribution in [3.8, 4) is 0 Å². The standard InChI is InChI=1S/C13H25NO2/c1-8(2)12(15)7-11(14-10(5)6)13(16)9(3)4/h8-11,14H,7H2,1-6H3/t11-/m0/s1. The van der Waals surface area contributed by atoms with E-state index in [0.717, 1.165) is 0 Å². The maximum absolute atomic E-state index is 11.9. The fourth-order valence-corrected chi connectivity index (χ4v) is 1.48. The zero-order chi connectivity index (χ0) is 12.9. The van der Waals surface area contributed by atoms with Gasteiger partial charge >= 0.3 is 0 Å². The van der Waals surface area contributed by atoms with Crippen LogP contribution in [-0.2, 0) is 9.59 Å². The van der Waals surface area contributed by atoms with Crippen molar-refractivity contribution in [3.63, 3.8) is 0 Å². The summed E-state index contributed by atoms with van der Waals surface area (Å²) in [7, 11) is 0. The van der Waals surface area contributed by atoms with Gasteiger partial charge in [-0.3, -0.25) is 9.59 Å². The average Bonchev–Trinajstić information content (AvgIpc) is 2.14. The van der Waals surface area contributed by atoms with Crippen LogP contribution >= 0.6 is 0 Å². The highest BCUT2D eigenvalue weighted by molar-refractivity contribution is 5.92. The van der Waals surface area contributed by atoms with Gasteiger partial charge < -0.3 is 5.32 Å². The van der Waals surface area contributed by atoms with E-state index in [4.69, 9.17) is 0 Å². The van der Waals surface area contributed by atoms with Crippen LogP contribution < -0.4 is 5.32 Å². The molecule has 16 heavy (non-hydrogen) atoms. The molecule has 0 saturated carbocycles. The molecule has 0 radical (unpaired) electrons. The van der Waals surface area contributed by atoms with Crippen LogP contribution in [0.1, 0.15) is 48.0 Å². The molecule has 0 aromatic heterocycles. The van der Waals surface area contributed by atoms with Gasteiger partial charge in [-0.15, -0.1) is 0 Å². The van der Waals surface area contributed by atoms with Gasteiger partial charge in [0.1, 0.15) is 5.78 Å². The third-order valence-corrected chi connectivity index (χ3v) is 2.50. The predicted octanol–water partition coefficient (Wildman–Crippen LogP) is 2.19. The smallest absolute Gasteiger partial charge is 0.152 e. The van der Waals surface area contributed by atoms with Crippen LogP contribution in [0.25, 0.3) is 0 Å². The Kier molecular flexibility index (Phi) is 6.49. The Balaban J connectivity index is 4.55. The van der Waals surface area contributed by atoms with Gasteiger partial charge in [0.15, 0.2) is 5.78 Å².